The van der Waals surface area contributed by atoms with E-state index in [1.54, 1.807) is 0 Å². The molecule has 0 saturated carbocycles. The van der Waals surface area contributed by atoms with Gasteiger partial charge in [0.1, 0.15) is 4.92 Å². The Bertz CT molecular complexity index is 570. The number of nitro groups is 1. The molecule has 0 saturated heterocycles. The van der Waals surface area contributed by atoms with Crippen molar-refractivity contribution in [3.63, 3.8) is 0 Å². The highest BCUT2D eigenvalue weighted by atomic mass is 16.6. The van der Waals surface area contributed by atoms with E-state index >= 15 is 0 Å². The molecule has 1 aromatic carbocycles. The van der Waals surface area contributed by atoms with Crippen LogP contribution in [0.3, 0.4) is 0 Å². The van der Waals surface area contributed by atoms with E-state index in [0.717, 1.165) is 5.52 Å². The number of furan rings is 1. The highest BCUT2D eigenvalue weighted by Crippen LogP contribution is 2.08. The summed E-state index contributed by atoms with van der Waals surface area (Å²) in [5.74, 6) is -0.218. The maximum atomic E-state index is 9.77. The van der Waals surface area contributed by atoms with E-state index in [0.29, 0.717) is 0 Å². The zero-order chi connectivity index (χ0) is 12.8. The third-order valence-electron chi connectivity index (χ3n) is 2.20. The minimum atomic E-state index is -0.583. The molecule has 2 heterocycles. The molecular weight excluding hydrogens is 232 g/mol. The van der Waals surface area contributed by atoms with Crippen LogP contribution in [-0.2, 0) is 0 Å². The smallest absolute Gasteiger partial charge is 0.409 e. The molecule has 0 aliphatic carbocycles. The molecule has 0 aliphatic rings. The molecule has 0 N–H and O–H groups in total. The Morgan fingerprint density at radius 2 is 1.83 bits per heavy atom. The predicted octanol–water partition coefficient (Wildman–Crippen LogP) is 3.42. The van der Waals surface area contributed by atoms with Crippen LogP contribution in [0.4, 0.5) is 5.88 Å². The minimum absolute atomic E-state index is 0.218. The number of aromatic nitrogens is 1. The third-order valence-corrected chi connectivity index (χ3v) is 2.20. The van der Waals surface area contributed by atoms with E-state index in [1.807, 2.05) is 30.5 Å². The van der Waals surface area contributed by atoms with Gasteiger partial charge in [0.2, 0.25) is 0 Å². The van der Waals surface area contributed by atoms with Crippen molar-refractivity contribution in [2.24, 2.45) is 0 Å². The van der Waals surface area contributed by atoms with Gasteiger partial charge in [0, 0.05) is 11.6 Å². The second-order valence-corrected chi connectivity index (χ2v) is 3.40. The van der Waals surface area contributed by atoms with Gasteiger partial charge in [-0.2, -0.15) is 0 Å². The summed E-state index contributed by atoms with van der Waals surface area (Å²) in [6.07, 6.45) is 3.07. The Labute approximate surface area is 103 Å². The van der Waals surface area contributed by atoms with Crippen LogP contribution in [0.2, 0.25) is 0 Å². The molecule has 3 aromatic rings. The van der Waals surface area contributed by atoms with Gasteiger partial charge in [-0.25, -0.2) is 0 Å². The first-order valence-electron chi connectivity index (χ1n) is 5.25. The van der Waals surface area contributed by atoms with Crippen LogP contribution in [0.15, 0.2) is 65.4 Å². The number of hydrogen-bond acceptors (Lipinski definition) is 4. The van der Waals surface area contributed by atoms with Crippen LogP contribution >= 0.6 is 0 Å². The van der Waals surface area contributed by atoms with Gasteiger partial charge in [-0.3, -0.25) is 15.1 Å². The van der Waals surface area contributed by atoms with Crippen LogP contribution in [0.5, 0.6) is 0 Å². The highest BCUT2D eigenvalue weighted by Gasteiger charge is 2.04. The lowest BCUT2D eigenvalue weighted by molar-refractivity contribution is -0.402. The molecule has 0 bridgehead atoms. The second kappa shape index (κ2) is 5.58. The van der Waals surface area contributed by atoms with Gasteiger partial charge < -0.3 is 4.42 Å². The molecule has 90 valence electrons. The van der Waals surface area contributed by atoms with Gasteiger partial charge in [-0.1, -0.05) is 24.3 Å². The summed E-state index contributed by atoms with van der Waals surface area (Å²) in [4.78, 5) is 13.4. The van der Waals surface area contributed by atoms with Crippen LogP contribution in [0, 0.1) is 10.1 Å². The fourth-order valence-corrected chi connectivity index (χ4v) is 1.39. The second-order valence-electron chi connectivity index (χ2n) is 3.40. The Hall–Kier alpha value is -2.69. The lowest BCUT2D eigenvalue weighted by atomic mass is 10.2. The standard InChI is InChI=1S/C9H7N.C4H3NO3/c1-2-6-9-8(4-1)5-3-7-10-9;6-5(7)4-2-1-3-8-4/h1-7H;1-3H. The molecular formula is C13H10N2O3. The summed E-state index contributed by atoms with van der Waals surface area (Å²) in [7, 11) is 0. The van der Waals surface area contributed by atoms with Crippen LogP contribution in [0.1, 0.15) is 0 Å². The van der Waals surface area contributed by atoms with Crippen molar-refractivity contribution in [1.82, 2.24) is 4.98 Å². The number of rotatable bonds is 1. The molecule has 2 aromatic heterocycles. The van der Waals surface area contributed by atoms with E-state index in [2.05, 4.69) is 21.5 Å². The maximum Gasteiger partial charge on any atom is 0.432 e. The van der Waals surface area contributed by atoms with Crippen molar-refractivity contribution >= 4 is 16.8 Å². The maximum absolute atomic E-state index is 9.77. The van der Waals surface area contributed by atoms with E-state index in [9.17, 15) is 10.1 Å². The zero-order valence-electron chi connectivity index (χ0n) is 9.39. The zero-order valence-corrected chi connectivity index (χ0v) is 9.39. The summed E-state index contributed by atoms with van der Waals surface area (Å²) in [5, 5.41) is 11.0. The van der Waals surface area contributed by atoms with Crippen molar-refractivity contribution in [2.45, 2.75) is 0 Å². The summed E-state index contributed by atoms with van der Waals surface area (Å²) in [6, 6.07) is 14.8. The quantitative estimate of drug-likeness (QED) is 0.484. The molecule has 0 spiro atoms. The van der Waals surface area contributed by atoms with Crippen LogP contribution in [-0.4, -0.2) is 9.91 Å². The van der Waals surface area contributed by atoms with E-state index in [4.69, 9.17) is 0 Å². The van der Waals surface area contributed by atoms with Crippen LogP contribution in [0.25, 0.3) is 10.9 Å². The number of fused-ring (bicyclic) bond motifs is 1. The van der Waals surface area contributed by atoms with Gasteiger partial charge in [-0.05, 0) is 18.2 Å². The first-order chi connectivity index (χ1) is 8.77. The van der Waals surface area contributed by atoms with Crippen molar-refractivity contribution in [1.29, 1.82) is 0 Å². The molecule has 5 nitrogen and oxygen atoms in total. The van der Waals surface area contributed by atoms with Gasteiger partial charge in [0.15, 0.2) is 0 Å². The van der Waals surface area contributed by atoms with Crippen molar-refractivity contribution in [3.05, 3.63) is 71.1 Å². The molecule has 5 heteroatoms. The number of hydrogen-bond donors (Lipinski definition) is 0. The van der Waals surface area contributed by atoms with E-state index < -0.39 is 4.92 Å². The summed E-state index contributed by atoms with van der Waals surface area (Å²) in [5.41, 5.74) is 1.06. The molecule has 3 rings (SSSR count). The monoisotopic (exact) mass is 242 g/mol. The molecule has 0 fully saturated rings. The fourth-order valence-electron chi connectivity index (χ4n) is 1.39. The summed E-state index contributed by atoms with van der Waals surface area (Å²) >= 11 is 0. The van der Waals surface area contributed by atoms with Crippen molar-refractivity contribution in [2.75, 3.05) is 0 Å². The average Bonchev–Trinajstić information content (AvgIpc) is 2.94. The average molecular weight is 242 g/mol. The molecule has 18 heavy (non-hydrogen) atoms. The third kappa shape index (κ3) is 2.91. The van der Waals surface area contributed by atoms with Crippen molar-refractivity contribution < 1.29 is 9.34 Å². The molecule has 0 atom stereocenters. The number of pyridine rings is 1. The van der Waals surface area contributed by atoms with E-state index in [1.165, 1.54) is 23.8 Å². The van der Waals surface area contributed by atoms with Crippen molar-refractivity contribution in [3.8, 4) is 0 Å². The Kier molecular flexibility index (Phi) is 3.66. The SMILES string of the molecule is O=[N+]([O-])c1ccco1.c1ccc2ncccc2c1. The summed E-state index contributed by atoms with van der Waals surface area (Å²) in [6.45, 7) is 0. The molecule has 0 aliphatic heterocycles. The summed E-state index contributed by atoms with van der Waals surface area (Å²) < 4.78 is 4.40. The van der Waals surface area contributed by atoms with Gasteiger partial charge >= 0.3 is 5.88 Å². The normalized spacial score (nSPS) is 9.56. The largest absolute Gasteiger partial charge is 0.432 e. The minimum Gasteiger partial charge on any atom is -0.409 e. The van der Waals surface area contributed by atoms with Crippen LogP contribution < -0.4 is 0 Å². The molecule has 0 amide bonds. The van der Waals surface area contributed by atoms with E-state index in [-0.39, 0.29) is 5.88 Å². The molecule has 0 radical (unpaired) electrons. The van der Waals surface area contributed by atoms with Gasteiger partial charge in [0.05, 0.1) is 17.8 Å². The fraction of sp³-hybridized carbons (Fsp3) is 0. The lowest BCUT2D eigenvalue weighted by Crippen LogP contribution is -1.81. The van der Waals surface area contributed by atoms with Gasteiger partial charge in [-0.15, -0.1) is 0 Å². The Balaban J connectivity index is 0.000000138. The first-order valence-corrected chi connectivity index (χ1v) is 5.25. The molecule has 0 unspecified atom stereocenters. The van der Waals surface area contributed by atoms with Gasteiger partial charge in [0.25, 0.3) is 0 Å². The Morgan fingerprint density at radius 1 is 1.06 bits per heavy atom. The Morgan fingerprint density at radius 3 is 2.44 bits per heavy atom. The predicted molar refractivity (Wildman–Crippen MR) is 67.1 cm³/mol. The first kappa shape index (κ1) is 11.8. The number of benzene rings is 1. The number of para-hydroxylation sites is 1. The highest BCUT2D eigenvalue weighted by molar-refractivity contribution is 5.77. The lowest BCUT2D eigenvalue weighted by Gasteiger charge is -1.91. The topological polar surface area (TPSA) is 69.2 Å². The number of nitrogens with zero attached hydrogens (tertiary/aromatic N) is 2.